The van der Waals surface area contributed by atoms with E-state index < -0.39 is 17.4 Å². The molecule has 0 spiro atoms. The number of allylic oxidation sites excluding steroid dienone is 1. The molecule has 0 N–H and O–H groups in total. The third-order valence-corrected chi connectivity index (χ3v) is 6.29. The van der Waals surface area contributed by atoms with Gasteiger partial charge in [0.25, 0.3) is 0 Å². The molecule has 0 unspecified atom stereocenters. The molecule has 1 aromatic rings. The summed E-state index contributed by atoms with van der Waals surface area (Å²) in [4.78, 5) is 29.7. The fourth-order valence-corrected chi connectivity index (χ4v) is 5.39. The fourth-order valence-electron chi connectivity index (χ4n) is 5.39. The highest BCUT2D eigenvalue weighted by atomic mass is 16.6. The van der Waals surface area contributed by atoms with Crippen LogP contribution in [0.4, 0.5) is 15.3 Å². The van der Waals surface area contributed by atoms with Gasteiger partial charge in [0, 0.05) is 18.4 Å². The number of likely N-dealkylation sites (tertiary alicyclic amines) is 1. The van der Waals surface area contributed by atoms with Gasteiger partial charge in [0.1, 0.15) is 11.3 Å². The maximum atomic E-state index is 13.2. The van der Waals surface area contributed by atoms with Crippen molar-refractivity contribution in [3.8, 4) is 0 Å². The van der Waals surface area contributed by atoms with Crippen LogP contribution in [0.1, 0.15) is 52.5 Å². The van der Waals surface area contributed by atoms with Crippen LogP contribution in [0.3, 0.4) is 0 Å². The summed E-state index contributed by atoms with van der Waals surface area (Å²) in [6.07, 6.45) is 3.45. The number of carbonyl (C=O) groups is 2. The predicted molar refractivity (Wildman–Crippen MR) is 106 cm³/mol. The highest BCUT2D eigenvalue weighted by Gasteiger charge is 2.71. The zero-order chi connectivity index (χ0) is 20.3. The molecule has 0 saturated carbocycles. The van der Waals surface area contributed by atoms with E-state index in [9.17, 15) is 9.59 Å². The summed E-state index contributed by atoms with van der Waals surface area (Å²) in [5.41, 5.74) is 1.41. The molecule has 2 atom stereocenters. The second-order valence-electron chi connectivity index (χ2n) is 9.03. The quantitative estimate of drug-likeness (QED) is 0.614. The van der Waals surface area contributed by atoms with Crippen molar-refractivity contribution in [1.82, 2.24) is 4.90 Å². The fraction of sp³-hybridized carbons (Fsp3) is 0.545. The molecule has 2 aliphatic heterocycles. The lowest BCUT2D eigenvalue weighted by atomic mass is 9.64. The van der Waals surface area contributed by atoms with Crippen molar-refractivity contribution in [3.05, 3.63) is 41.5 Å². The normalized spacial score (nSPS) is 28.2. The van der Waals surface area contributed by atoms with Gasteiger partial charge in [0.2, 0.25) is 0 Å². The summed E-state index contributed by atoms with van der Waals surface area (Å²) in [6.45, 7) is 8.24. The minimum atomic E-state index is -0.842. The Morgan fingerprint density at radius 3 is 2.54 bits per heavy atom. The maximum absolute atomic E-state index is 13.2. The van der Waals surface area contributed by atoms with Gasteiger partial charge in [-0.05, 0) is 52.2 Å². The Morgan fingerprint density at radius 1 is 1.14 bits per heavy atom. The summed E-state index contributed by atoms with van der Waals surface area (Å²) in [5, 5.41) is 0. The number of benzene rings is 1. The van der Waals surface area contributed by atoms with Crippen molar-refractivity contribution < 1.29 is 19.1 Å². The number of carbonyl (C=O) groups excluding carboxylic acids is 2. The molecule has 0 radical (unpaired) electrons. The van der Waals surface area contributed by atoms with Crippen LogP contribution >= 0.6 is 0 Å². The number of nitrogens with zero attached hydrogens (tertiary/aromatic N) is 2. The molecule has 1 fully saturated rings. The van der Waals surface area contributed by atoms with E-state index in [4.69, 9.17) is 9.47 Å². The Balaban J connectivity index is 1.93. The minimum absolute atomic E-state index is 0.354. The van der Waals surface area contributed by atoms with Crippen LogP contribution < -0.4 is 4.90 Å². The van der Waals surface area contributed by atoms with Gasteiger partial charge >= 0.3 is 12.2 Å². The standard InChI is InChI=1S/C22H28N2O4/c1-15-10-11-22-21(14-15,12-13-23(22)18(25)28-20(2,3)4)16-8-6-7-9-17(16)24(22)19(26)27-5/h6-10H,11-14H2,1-5H3/t21-,22-/m1/s1. The summed E-state index contributed by atoms with van der Waals surface area (Å²) < 4.78 is 10.9. The van der Waals surface area contributed by atoms with Gasteiger partial charge in [-0.1, -0.05) is 29.8 Å². The molecular weight excluding hydrogens is 356 g/mol. The summed E-state index contributed by atoms with van der Waals surface area (Å²) >= 11 is 0. The molecule has 1 aromatic carbocycles. The molecule has 150 valence electrons. The lowest BCUT2D eigenvalue weighted by Crippen LogP contribution is -2.67. The Bertz CT molecular complexity index is 872. The molecule has 0 bridgehead atoms. The number of methoxy groups -OCH3 is 1. The molecule has 2 heterocycles. The molecule has 1 aliphatic carbocycles. The molecule has 4 rings (SSSR count). The van der Waals surface area contributed by atoms with Crippen LogP contribution in [0.15, 0.2) is 35.9 Å². The average molecular weight is 384 g/mol. The lowest BCUT2D eigenvalue weighted by molar-refractivity contribution is -0.00104. The molecular formula is C22H28N2O4. The largest absolute Gasteiger partial charge is 0.452 e. The number of hydrogen-bond acceptors (Lipinski definition) is 4. The van der Waals surface area contributed by atoms with Crippen molar-refractivity contribution in [2.24, 2.45) is 0 Å². The van der Waals surface area contributed by atoms with Gasteiger partial charge in [0.15, 0.2) is 0 Å². The molecule has 2 amide bonds. The second-order valence-corrected chi connectivity index (χ2v) is 9.03. The molecule has 6 nitrogen and oxygen atoms in total. The first-order valence-corrected chi connectivity index (χ1v) is 9.80. The van der Waals surface area contributed by atoms with Gasteiger partial charge in [-0.2, -0.15) is 0 Å². The van der Waals surface area contributed by atoms with E-state index >= 15 is 0 Å². The minimum Gasteiger partial charge on any atom is -0.452 e. The number of anilines is 1. The number of amides is 2. The van der Waals surface area contributed by atoms with Crippen LogP contribution in [0.2, 0.25) is 0 Å². The Hall–Kier alpha value is -2.50. The van der Waals surface area contributed by atoms with Crippen LogP contribution in [0, 0.1) is 0 Å². The Kier molecular flexibility index (Phi) is 4.04. The van der Waals surface area contributed by atoms with Crippen molar-refractivity contribution >= 4 is 17.9 Å². The van der Waals surface area contributed by atoms with Gasteiger partial charge < -0.3 is 9.47 Å². The van der Waals surface area contributed by atoms with E-state index in [1.54, 1.807) is 9.80 Å². The van der Waals surface area contributed by atoms with E-state index in [1.165, 1.54) is 12.7 Å². The second kappa shape index (κ2) is 6.00. The van der Waals surface area contributed by atoms with E-state index in [1.807, 2.05) is 39.0 Å². The van der Waals surface area contributed by atoms with E-state index in [-0.39, 0.29) is 11.5 Å². The summed E-state index contributed by atoms with van der Waals surface area (Å²) in [5.74, 6) is 0. The van der Waals surface area contributed by atoms with Crippen LogP contribution in [-0.2, 0) is 14.9 Å². The SMILES string of the molecule is COC(=O)N1c2ccccc2[C@]23CCN(C(=O)OC(C)(C)C)[C@]12CC=C(C)C3. The zero-order valence-electron chi connectivity index (χ0n) is 17.2. The Labute approximate surface area is 166 Å². The lowest BCUT2D eigenvalue weighted by Gasteiger charge is -2.50. The first kappa shape index (κ1) is 18.8. The van der Waals surface area contributed by atoms with E-state index in [0.29, 0.717) is 13.0 Å². The molecule has 0 aromatic heterocycles. The number of ether oxygens (including phenoxy) is 2. The van der Waals surface area contributed by atoms with Crippen molar-refractivity contribution in [3.63, 3.8) is 0 Å². The third kappa shape index (κ3) is 2.33. The highest BCUT2D eigenvalue weighted by Crippen LogP contribution is 2.64. The summed E-state index contributed by atoms with van der Waals surface area (Å²) in [7, 11) is 1.39. The topological polar surface area (TPSA) is 59.1 Å². The Morgan fingerprint density at radius 2 is 1.86 bits per heavy atom. The number of rotatable bonds is 0. The van der Waals surface area contributed by atoms with E-state index in [0.717, 1.165) is 24.1 Å². The molecule has 3 aliphatic rings. The third-order valence-electron chi connectivity index (χ3n) is 6.29. The van der Waals surface area contributed by atoms with Crippen molar-refractivity contribution in [1.29, 1.82) is 0 Å². The predicted octanol–water partition coefficient (Wildman–Crippen LogP) is 4.59. The number of para-hydroxylation sites is 1. The van der Waals surface area contributed by atoms with Crippen LogP contribution in [0.25, 0.3) is 0 Å². The first-order chi connectivity index (χ1) is 13.2. The molecule has 1 saturated heterocycles. The molecule has 6 heteroatoms. The molecule has 28 heavy (non-hydrogen) atoms. The smallest absolute Gasteiger partial charge is 0.416 e. The van der Waals surface area contributed by atoms with Crippen LogP contribution in [0.5, 0.6) is 0 Å². The maximum Gasteiger partial charge on any atom is 0.416 e. The highest BCUT2D eigenvalue weighted by molar-refractivity contribution is 5.95. The van der Waals surface area contributed by atoms with Crippen LogP contribution in [-0.4, -0.2) is 42.0 Å². The monoisotopic (exact) mass is 384 g/mol. The first-order valence-electron chi connectivity index (χ1n) is 9.80. The van der Waals surface area contributed by atoms with Gasteiger partial charge in [0.05, 0.1) is 12.8 Å². The number of hydrogen-bond donors (Lipinski definition) is 0. The van der Waals surface area contributed by atoms with Gasteiger partial charge in [-0.15, -0.1) is 0 Å². The summed E-state index contributed by atoms with van der Waals surface area (Å²) in [6, 6.07) is 7.96. The van der Waals surface area contributed by atoms with E-state index in [2.05, 4.69) is 19.1 Å². The van der Waals surface area contributed by atoms with Gasteiger partial charge in [-0.25, -0.2) is 9.59 Å². The van der Waals surface area contributed by atoms with Crippen molar-refractivity contribution in [2.45, 2.75) is 63.6 Å². The van der Waals surface area contributed by atoms with Gasteiger partial charge in [-0.3, -0.25) is 9.80 Å². The average Bonchev–Trinajstić information content (AvgIpc) is 3.08. The number of fused-ring (bicyclic) bond motifs is 1. The van der Waals surface area contributed by atoms with Crippen molar-refractivity contribution in [2.75, 3.05) is 18.6 Å². The zero-order valence-corrected chi connectivity index (χ0v) is 17.2.